The van der Waals surface area contributed by atoms with Crippen LogP contribution in [-0.2, 0) is 6.42 Å². The van der Waals surface area contributed by atoms with Crippen molar-refractivity contribution in [1.82, 2.24) is 0 Å². The third-order valence-corrected chi connectivity index (χ3v) is 5.73. The predicted molar refractivity (Wildman–Crippen MR) is 93.1 cm³/mol. The highest BCUT2D eigenvalue weighted by Crippen LogP contribution is 2.43. The molecule has 3 aromatic rings. The molecule has 0 bridgehead atoms. The quantitative estimate of drug-likeness (QED) is 0.542. The van der Waals surface area contributed by atoms with Crippen LogP contribution >= 0.6 is 11.3 Å². The van der Waals surface area contributed by atoms with Gasteiger partial charge in [-0.2, -0.15) is 0 Å². The first-order chi connectivity index (χ1) is 10.4. The maximum atomic E-state index is 2.33. The fourth-order valence-electron chi connectivity index (χ4n) is 3.22. The molecule has 0 aliphatic heterocycles. The molecule has 0 fully saturated rings. The summed E-state index contributed by atoms with van der Waals surface area (Å²) in [4.78, 5) is 1.53. The van der Waals surface area contributed by atoms with Crippen molar-refractivity contribution in [3.63, 3.8) is 0 Å². The summed E-state index contributed by atoms with van der Waals surface area (Å²) in [6, 6.07) is 18.0. The fourth-order valence-corrected chi connectivity index (χ4v) is 4.55. The van der Waals surface area contributed by atoms with E-state index in [-0.39, 0.29) is 0 Å². The van der Waals surface area contributed by atoms with Gasteiger partial charge in [0.25, 0.3) is 0 Å². The second-order valence-corrected chi connectivity index (χ2v) is 6.75. The van der Waals surface area contributed by atoms with Crippen LogP contribution in [-0.4, -0.2) is 0 Å². The average Bonchev–Trinajstić information content (AvgIpc) is 2.94. The van der Waals surface area contributed by atoms with Crippen molar-refractivity contribution in [2.24, 2.45) is 0 Å². The third-order valence-electron chi connectivity index (χ3n) is 4.43. The minimum Gasteiger partial charge on any atom is -0.139 e. The van der Waals surface area contributed by atoms with Gasteiger partial charge in [-0.3, -0.25) is 0 Å². The molecule has 104 valence electrons. The van der Waals surface area contributed by atoms with Gasteiger partial charge < -0.3 is 0 Å². The van der Waals surface area contributed by atoms with E-state index in [0.29, 0.717) is 5.92 Å². The molecule has 1 heteroatoms. The average molecular weight is 290 g/mol. The largest absolute Gasteiger partial charge is 0.139 e. The van der Waals surface area contributed by atoms with E-state index in [1.807, 2.05) is 11.3 Å². The summed E-state index contributed by atoms with van der Waals surface area (Å²) >= 11 is 1.96. The second-order valence-electron chi connectivity index (χ2n) is 5.66. The van der Waals surface area contributed by atoms with Gasteiger partial charge in [0.15, 0.2) is 0 Å². The number of allylic oxidation sites excluding steroid dienone is 1. The van der Waals surface area contributed by atoms with Crippen molar-refractivity contribution in [3.05, 3.63) is 76.2 Å². The molecule has 1 aliphatic carbocycles. The van der Waals surface area contributed by atoms with Crippen LogP contribution in [0.25, 0.3) is 16.2 Å². The molecule has 1 heterocycles. The maximum Gasteiger partial charge on any atom is 0.0352 e. The Labute approximate surface area is 129 Å². The summed E-state index contributed by atoms with van der Waals surface area (Å²) < 4.78 is 1.41. The fraction of sp³-hybridized carbons (Fsp3) is 0.200. The van der Waals surface area contributed by atoms with Crippen LogP contribution < -0.4 is 0 Å². The van der Waals surface area contributed by atoms with Crippen LogP contribution in [0.4, 0.5) is 0 Å². The van der Waals surface area contributed by atoms with Crippen LogP contribution in [0.15, 0.2) is 54.6 Å². The number of hydrogen-bond donors (Lipinski definition) is 0. The van der Waals surface area contributed by atoms with Gasteiger partial charge in [-0.1, -0.05) is 61.5 Å². The highest BCUT2D eigenvalue weighted by atomic mass is 32.1. The molecule has 2 aromatic carbocycles. The Morgan fingerprint density at radius 3 is 2.67 bits per heavy atom. The van der Waals surface area contributed by atoms with Gasteiger partial charge >= 0.3 is 0 Å². The summed E-state index contributed by atoms with van der Waals surface area (Å²) in [6.45, 7) is 2.21. The molecule has 0 N–H and O–H groups in total. The maximum absolute atomic E-state index is 2.33. The molecule has 1 unspecified atom stereocenters. The van der Waals surface area contributed by atoms with Crippen molar-refractivity contribution in [3.8, 4) is 0 Å². The molecule has 21 heavy (non-hydrogen) atoms. The lowest BCUT2D eigenvalue weighted by Crippen LogP contribution is -2.02. The highest BCUT2D eigenvalue weighted by Gasteiger charge is 2.22. The van der Waals surface area contributed by atoms with Crippen molar-refractivity contribution in [2.45, 2.75) is 25.7 Å². The summed E-state index contributed by atoms with van der Waals surface area (Å²) in [5.41, 5.74) is 4.30. The number of rotatable bonds is 2. The zero-order valence-electron chi connectivity index (χ0n) is 12.2. The van der Waals surface area contributed by atoms with E-state index >= 15 is 0 Å². The Morgan fingerprint density at radius 1 is 1.05 bits per heavy atom. The number of thiophene rings is 1. The van der Waals surface area contributed by atoms with Gasteiger partial charge in [0.2, 0.25) is 0 Å². The monoisotopic (exact) mass is 290 g/mol. The predicted octanol–water partition coefficient (Wildman–Crippen LogP) is 6.01. The van der Waals surface area contributed by atoms with Crippen LogP contribution in [0.3, 0.4) is 0 Å². The van der Waals surface area contributed by atoms with Crippen LogP contribution in [0, 0.1) is 0 Å². The molecule has 0 saturated heterocycles. The van der Waals surface area contributed by atoms with Crippen molar-refractivity contribution in [1.29, 1.82) is 0 Å². The molecule has 4 rings (SSSR count). The first-order valence-electron chi connectivity index (χ1n) is 7.63. The molecule has 1 aromatic heterocycles. The van der Waals surface area contributed by atoms with E-state index in [0.717, 1.165) is 12.8 Å². The first-order valence-corrected chi connectivity index (χ1v) is 8.45. The summed E-state index contributed by atoms with van der Waals surface area (Å²) in [6.07, 6.45) is 6.87. The smallest absolute Gasteiger partial charge is 0.0352 e. The molecule has 0 spiro atoms. The molecule has 1 aliphatic rings. The molecule has 0 saturated carbocycles. The number of hydrogen-bond acceptors (Lipinski definition) is 1. The van der Waals surface area contributed by atoms with Gasteiger partial charge in [0.1, 0.15) is 0 Å². The molecule has 1 atom stereocenters. The Hall–Kier alpha value is -1.86. The normalized spacial score (nSPS) is 17.1. The zero-order valence-corrected chi connectivity index (χ0v) is 13.0. The second kappa shape index (κ2) is 5.16. The SMILES string of the molecule is CCc1ccc(C2CC=Cc3c2sc2ccccc32)cc1. The van der Waals surface area contributed by atoms with Gasteiger partial charge in [-0.05, 0) is 41.0 Å². The standard InChI is InChI=1S/C20H18S/c1-2-14-10-12-15(13-11-14)16-7-5-8-18-17-6-3-4-9-19(17)21-20(16)18/h3-6,8-13,16H,2,7H2,1H3. The molecule has 0 nitrogen and oxygen atoms in total. The van der Waals surface area contributed by atoms with E-state index in [1.165, 1.54) is 31.7 Å². The third kappa shape index (κ3) is 2.13. The molecule has 0 radical (unpaired) electrons. The van der Waals surface area contributed by atoms with Crippen LogP contribution in [0.2, 0.25) is 0 Å². The highest BCUT2D eigenvalue weighted by molar-refractivity contribution is 7.19. The Kier molecular flexibility index (Phi) is 3.16. The van der Waals surface area contributed by atoms with Gasteiger partial charge in [-0.25, -0.2) is 0 Å². The molecule has 0 amide bonds. The van der Waals surface area contributed by atoms with E-state index in [1.54, 1.807) is 0 Å². The Morgan fingerprint density at radius 2 is 1.86 bits per heavy atom. The van der Waals surface area contributed by atoms with E-state index < -0.39 is 0 Å². The summed E-state index contributed by atoms with van der Waals surface area (Å²) in [7, 11) is 0. The summed E-state index contributed by atoms with van der Waals surface area (Å²) in [5.74, 6) is 0.522. The minimum absolute atomic E-state index is 0.522. The van der Waals surface area contributed by atoms with Crippen molar-refractivity contribution >= 4 is 27.5 Å². The van der Waals surface area contributed by atoms with E-state index in [2.05, 4.69) is 67.6 Å². The minimum atomic E-state index is 0.522. The van der Waals surface area contributed by atoms with E-state index in [4.69, 9.17) is 0 Å². The lowest BCUT2D eigenvalue weighted by molar-refractivity contribution is 0.839. The number of benzene rings is 2. The van der Waals surface area contributed by atoms with Crippen molar-refractivity contribution < 1.29 is 0 Å². The number of fused-ring (bicyclic) bond motifs is 3. The van der Waals surface area contributed by atoms with Gasteiger partial charge in [0.05, 0.1) is 0 Å². The van der Waals surface area contributed by atoms with Gasteiger partial charge in [-0.15, -0.1) is 11.3 Å². The lowest BCUT2D eigenvalue weighted by atomic mass is 9.87. The van der Waals surface area contributed by atoms with Crippen molar-refractivity contribution in [2.75, 3.05) is 0 Å². The van der Waals surface area contributed by atoms with Crippen LogP contribution in [0.5, 0.6) is 0 Å². The Balaban J connectivity index is 1.84. The molecular weight excluding hydrogens is 272 g/mol. The molecular formula is C20H18S. The first kappa shape index (κ1) is 12.8. The van der Waals surface area contributed by atoms with Gasteiger partial charge in [0, 0.05) is 15.5 Å². The zero-order chi connectivity index (χ0) is 14.2. The van der Waals surface area contributed by atoms with Crippen LogP contribution in [0.1, 0.15) is 40.8 Å². The lowest BCUT2D eigenvalue weighted by Gasteiger charge is -2.19. The summed E-state index contributed by atoms with van der Waals surface area (Å²) in [5, 5.41) is 1.41. The van der Waals surface area contributed by atoms with E-state index in [9.17, 15) is 0 Å². The topological polar surface area (TPSA) is 0 Å². The Bertz CT molecular complexity index is 805. The number of aryl methyl sites for hydroxylation is 1.